The highest BCUT2D eigenvalue weighted by Gasteiger charge is 2.10. The van der Waals surface area contributed by atoms with Gasteiger partial charge in [0.15, 0.2) is 0 Å². The van der Waals surface area contributed by atoms with Crippen molar-refractivity contribution in [3.63, 3.8) is 0 Å². The Morgan fingerprint density at radius 2 is 2.28 bits per heavy atom. The minimum absolute atomic E-state index is 0.0945. The van der Waals surface area contributed by atoms with Crippen LogP contribution in [0.25, 0.3) is 0 Å². The third-order valence-electron chi connectivity index (χ3n) is 2.51. The van der Waals surface area contributed by atoms with E-state index in [0.717, 1.165) is 22.5 Å². The highest BCUT2D eigenvalue weighted by Crippen LogP contribution is 2.24. The van der Waals surface area contributed by atoms with Crippen molar-refractivity contribution in [3.05, 3.63) is 56.7 Å². The maximum atomic E-state index is 13.5. The molecule has 0 spiro atoms. The van der Waals surface area contributed by atoms with Crippen molar-refractivity contribution in [2.75, 3.05) is 5.32 Å². The topological polar surface area (TPSA) is 55.2 Å². The zero-order valence-electron chi connectivity index (χ0n) is 9.64. The maximum Gasteiger partial charge on any atom is 0.324 e. The fourth-order valence-electron chi connectivity index (χ4n) is 1.60. The number of hydrogen-bond donors (Lipinski definition) is 1. The number of nitro groups is 1. The number of rotatable bonds is 4. The van der Waals surface area contributed by atoms with E-state index in [1.165, 1.54) is 12.1 Å². The molecule has 2 rings (SSSR count). The van der Waals surface area contributed by atoms with E-state index in [2.05, 4.69) is 5.32 Å². The van der Waals surface area contributed by atoms with Gasteiger partial charge in [0.05, 0.1) is 10.6 Å². The Balaban J connectivity index is 2.09. The van der Waals surface area contributed by atoms with E-state index in [4.69, 9.17) is 0 Å². The molecule has 0 saturated heterocycles. The Hall–Kier alpha value is -1.95. The first-order chi connectivity index (χ1) is 8.58. The summed E-state index contributed by atoms with van der Waals surface area (Å²) in [6.45, 7) is 2.17. The second kappa shape index (κ2) is 5.14. The van der Waals surface area contributed by atoms with E-state index in [9.17, 15) is 14.5 Å². The molecular weight excluding hydrogens is 255 g/mol. The summed E-state index contributed by atoms with van der Waals surface area (Å²) in [5, 5.41) is 15.3. The summed E-state index contributed by atoms with van der Waals surface area (Å²) in [5.74, 6) is -0.320. The van der Waals surface area contributed by atoms with E-state index in [0.29, 0.717) is 12.2 Å². The number of thiophene rings is 1. The minimum Gasteiger partial charge on any atom is -0.378 e. The summed E-state index contributed by atoms with van der Waals surface area (Å²) < 4.78 is 13.5. The van der Waals surface area contributed by atoms with Crippen LogP contribution in [0.4, 0.5) is 15.1 Å². The summed E-state index contributed by atoms with van der Waals surface area (Å²) >= 11 is 1.07. The Labute approximate surface area is 107 Å². The van der Waals surface area contributed by atoms with Gasteiger partial charge in [-0.2, -0.15) is 0 Å². The quantitative estimate of drug-likeness (QED) is 0.678. The van der Waals surface area contributed by atoms with E-state index < -0.39 is 4.92 Å². The molecule has 0 aliphatic rings. The first kappa shape index (κ1) is 12.5. The van der Waals surface area contributed by atoms with Gasteiger partial charge in [-0.3, -0.25) is 10.1 Å². The van der Waals surface area contributed by atoms with E-state index in [1.54, 1.807) is 11.4 Å². The van der Waals surface area contributed by atoms with Gasteiger partial charge >= 0.3 is 5.00 Å². The first-order valence-electron chi connectivity index (χ1n) is 5.28. The third-order valence-corrected chi connectivity index (χ3v) is 3.44. The molecule has 0 atom stereocenters. The predicted octanol–water partition coefficient (Wildman–Crippen LogP) is 3.72. The molecule has 0 radical (unpaired) electrons. The molecule has 0 unspecified atom stereocenters. The molecule has 94 valence electrons. The van der Waals surface area contributed by atoms with Gasteiger partial charge in [0.2, 0.25) is 0 Å². The summed E-state index contributed by atoms with van der Waals surface area (Å²) in [5.41, 5.74) is 2.01. The van der Waals surface area contributed by atoms with Crippen LogP contribution >= 0.6 is 11.3 Å². The molecule has 1 aromatic heterocycles. The number of nitrogens with zero attached hydrogens (tertiary/aromatic N) is 1. The van der Waals surface area contributed by atoms with Crippen molar-refractivity contribution in [3.8, 4) is 0 Å². The molecule has 1 N–H and O–H groups in total. The van der Waals surface area contributed by atoms with E-state index >= 15 is 0 Å². The van der Waals surface area contributed by atoms with Gasteiger partial charge in [-0.25, -0.2) is 4.39 Å². The zero-order chi connectivity index (χ0) is 13.1. The van der Waals surface area contributed by atoms with Crippen LogP contribution in [0.3, 0.4) is 0 Å². The van der Waals surface area contributed by atoms with Crippen LogP contribution in [0.5, 0.6) is 0 Å². The molecule has 4 nitrogen and oxygen atoms in total. The number of hydrogen-bond acceptors (Lipinski definition) is 4. The average molecular weight is 266 g/mol. The molecule has 1 aromatic carbocycles. The number of benzene rings is 1. The maximum absolute atomic E-state index is 13.5. The molecular formula is C12H11FN2O2S. The molecule has 0 fully saturated rings. The fraction of sp³-hybridized carbons (Fsp3) is 0.167. The Morgan fingerprint density at radius 3 is 2.89 bits per heavy atom. The SMILES string of the molecule is Cc1cccc(F)c1NCc1csc([N+](=O)[O-])c1. The average Bonchev–Trinajstić information content (AvgIpc) is 2.77. The van der Waals surface area contributed by atoms with Gasteiger partial charge in [0.1, 0.15) is 5.82 Å². The first-order valence-corrected chi connectivity index (χ1v) is 6.16. The number of halogens is 1. The Kier molecular flexibility index (Phi) is 3.57. The summed E-state index contributed by atoms with van der Waals surface area (Å²) in [6.07, 6.45) is 0. The Morgan fingerprint density at radius 1 is 1.50 bits per heavy atom. The zero-order valence-corrected chi connectivity index (χ0v) is 10.5. The summed E-state index contributed by atoms with van der Waals surface area (Å²) in [6, 6.07) is 6.33. The van der Waals surface area contributed by atoms with Crippen molar-refractivity contribution in [1.82, 2.24) is 0 Å². The van der Waals surface area contributed by atoms with Crippen LogP contribution < -0.4 is 5.32 Å². The lowest BCUT2D eigenvalue weighted by atomic mass is 10.2. The summed E-state index contributed by atoms with van der Waals surface area (Å²) in [4.78, 5) is 10.1. The minimum atomic E-state index is -0.428. The van der Waals surface area contributed by atoms with Crippen LogP contribution in [-0.2, 0) is 6.54 Å². The number of nitrogens with one attached hydrogen (secondary N) is 1. The lowest BCUT2D eigenvalue weighted by molar-refractivity contribution is -0.380. The highest BCUT2D eigenvalue weighted by molar-refractivity contribution is 7.13. The monoisotopic (exact) mass is 266 g/mol. The summed E-state index contributed by atoms with van der Waals surface area (Å²) in [7, 11) is 0. The third kappa shape index (κ3) is 2.65. The van der Waals surface area contributed by atoms with Gasteiger partial charge in [-0.1, -0.05) is 23.5 Å². The molecule has 0 bridgehead atoms. The molecule has 6 heteroatoms. The van der Waals surface area contributed by atoms with Gasteiger partial charge < -0.3 is 5.32 Å². The fourth-order valence-corrected chi connectivity index (χ4v) is 2.33. The van der Waals surface area contributed by atoms with Gasteiger partial charge in [-0.15, -0.1) is 0 Å². The highest BCUT2D eigenvalue weighted by atomic mass is 32.1. The predicted molar refractivity (Wildman–Crippen MR) is 69.4 cm³/mol. The lowest BCUT2D eigenvalue weighted by Crippen LogP contribution is -2.02. The smallest absolute Gasteiger partial charge is 0.324 e. The molecule has 2 aromatic rings. The second-order valence-electron chi connectivity index (χ2n) is 3.84. The normalized spacial score (nSPS) is 10.3. The number of para-hydroxylation sites is 1. The van der Waals surface area contributed by atoms with Crippen molar-refractivity contribution in [1.29, 1.82) is 0 Å². The van der Waals surface area contributed by atoms with Crippen molar-refractivity contribution >= 4 is 22.0 Å². The standard InChI is InChI=1S/C12H11FN2O2S/c1-8-3-2-4-10(13)12(8)14-6-9-5-11(15(16)17)18-7-9/h2-5,7,14H,6H2,1H3. The molecule has 0 aliphatic heterocycles. The van der Waals surface area contributed by atoms with Crippen LogP contribution in [0.2, 0.25) is 0 Å². The molecule has 18 heavy (non-hydrogen) atoms. The van der Waals surface area contributed by atoms with Crippen molar-refractivity contribution < 1.29 is 9.31 Å². The Bertz CT molecular complexity index is 563. The number of aryl methyl sites for hydroxylation is 1. The largest absolute Gasteiger partial charge is 0.378 e. The van der Waals surface area contributed by atoms with Crippen LogP contribution in [0.15, 0.2) is 29.6 Å². The molecule has 0 aliphatic carbocycles. The molecule has 0 amide bonds. The van der Waals surface area contributed by atoms with Gasteiger partial charge in [-0.05, 0) is 24.1 Å². The van der Waals surface area contributed by atoms with Crippen molar-refractivity contribution in [2.24, 2.45) is 0 Å². The number of anilines is 1. The van der Waals surface area contributed by atoms with E-state index in [1.807, 2.05) is 13.0 Å². The van der Waals surface area contributed by atoms with Crippen LogP contribution in [0, 0.1) is 22.9 Å². The molecule has 0 saturated carbocycles. The molecule has 1 heterocycles. The van der Waals surface area contributed by atoms with Crippen molar-refractivity contribution in [2.45, 2.75) is 13.5 Å². The van der Waals surface area contributed by atoms with E-state index in [-0.39, 0.29) is 10.8 Å². The van der Waals surface area contributed by atoms with Crippen LogP contribution in [0.1, 0.15) is 11.1 Å². The van der Waals surface area contributed by atoms with Gasteiger partial charge in [0.25, 0.3) is 0 Å². The van der Waals surface area contributed by atoms with Crippen LogP contribution in [-0.4, -0.2) is 4.92 Å². The lowest BCUT2D eigenvalue weighted by Gasteiger charge is -2.09. The van der Waals surface area contributed by atoms with Gasteiger partial charge in [0, 0.05) is 18.0 Å². The second-order valence-corrected chi connectivity index (χ2v) is 4.73.